The molecule has 1 aromatic carbocycles. The van der Waals surface area contributed by atoms with E-state index in [0.717, 1.165) is 19.3 Å². The van der Waals surface area contributed by atoms with E-state index in [0.29, 0.717) is 22.1 Å². The molecule has 1 aromatic heterocycles. The fraction of sp³-hybridized carbons (Fsp3) is 0.389. The number of hydrogen-bond donors (Lipinski definition) is 1. The predicted molar refractivity (Wildman–Crippen MR) is 99.1 cm³/mol. The molecule has 0 spiro atoms. The van der Waals surface area contributed by atoms with Crippen molar-refractivity contribution in [1.82, 2.24) is 14.9 Å². The molecule has 0 fully saturated rings. The summed E-state index contributed by atoms with van der Waals surface area (Å²) in [4.78, 5) is 0. The summed E-state index contributed by atoms with van der Waals surface area (Å²) in [6, 6.07) is 6.46. The standard InChI is InChI=1S/C18H23FN4S/c1-13(2)7-6-8-14(3)11-12-20-23-17(21-22-18(23)24)15-9-4-5-10-16(15)19/h4-5,7,9-10,12,14H,6,8,11H2,1-3H3,(H,22,24)/b20-12-/t14-/m1/s1. The molecular formula is C18H23FN4S. The quantitative estimate of drug-likeness (QED) is 0.417. The Morgan fingerprint density at radius 1 is 1.42 bits per heavy atom. The summed E-state index contributed by atoms with van der Waals surface area (Å²) in [5, 5.41) is 11.2. The Morgan fingerprint density at radius 3 is 2.88 bits per heavy atom. The van der Waals surface area contributed by atoms with Crippen LogP contribution in [-0.2, 0) is 0 Å². The van der Waals surface area contributed by atoms with Crippen LogP contribution in [0.5, 0.6) is 0 Å². The zero-order valence-electron chi connectivity index (χ0n) is 14.3. The molecule has 0 aliphatic rings. The Labute approximate surface area is 147 Å². The molecule has 4 nitrogen and oxygen atoms in total. The lowest BCUT2D eigenvalue weighted by Crippen LogP contribution is -1.99. The monoisotopic (exact) mass is 346 g/mol. The van der Waals surface area contributed by atoms with Crippen LogP contribution in [0.3, 0.4) is 0 Å². The Bertz CT molecular complexity index is 784. The van der Waals surface area contributed by atoms with E-state index in [1.54, 1.807) is 18.2 Å². The van der Waals surface area contributed by atoms with Gasteiger partial charge in [0.05, 0.1) is 5.56 Å². The van der Waals surface area contributed by atoms with E-state index in [9.17, 15) is 4.39 Å². The van der Waals surface area contributed by atoms with Gasteiger partial charge in [-0.15, -0.1) is 0 Å². The first kappa shape index (κ1) is 18.3. The van der Waals surface area contributed by atoms with Gasteiger partial charge < -0.3 is 0 Å². The van der Waals surface area contributed by atoms with Gasteiger partial charge in [0.1, 0.15) is 5.82 Å². The van der Waals surface area contributed by atoms with Crippen LogP contribution in [0, 0.1) is 16.5 Å². The predicted octanol–water partition coefficient (Wildman–Crippen LogP) is 5.35. The van der Waals surface area contributed by atoms with Gasteiger partial charge in [0, 0.05) is 6.21 Å². The van der Waals surface area contributed by atoms with E-state index < -0.39 is 0 Å². The number of nitrogens with one attached hydrogen (secondary N) is 1. The first-order chi connectivity index (χ1) is 11.5. The van der Waals surface area contributed by atoms with Crippen molar-refractivity contribution >= 4 is 18.4 Å². The number of hydrogen-bond acceptors (Lipinski definition) is 3. The summed E-state index contributed by atoms with van der Waals surface area (Å²) in [5.74, 6) is 0.548. The maximum absolute atomic E-state index is 14.0. The van der Waals surface area contributed by atoms with E-state index in [4.69, 9.17) is 12.2 Å². The lowest BCUT2D eigenvalue weighted by atomic mass is 10.0. The molecule has 1 atom stereocenters. The van der Waals surface area contributed by atoms with Crippen molar-refractivity contribution in [3.05, 3.63) is 46.5 Å². The minimum absolute atomic E-state index is 0.349. The smallest absolute Gasteiger partial charge is 0.216 e. The van der Waals surface area contributed by atoms with E-state index in [1.807, 2.05) is 6.21 Å². The Balaban J connectivity index is 2.08. The zero-order valence-corrected chi connectivity index (χ0v) is 15.1. The van der Waals surface area contributed by atoms with Crippen LogP contribution in [0.4, 0.5) is 4.39 Å². The fourth-order valence-corrected chi connectivity index (χ4v) is 2.48. The van der Waals surface area contributed by atoms with Crippen molar-refractivity contribution in [3.8, 4) is 11.4 Å². The highest BCUT2D eigenvalue weighted by Crippen LogP contribution is 2.20. The molecule has 0 bridgehead atoms. The van der Waals surface area contributed by atoms with Gasteiger partial charge in [-0.3, -0.25) is 0 Å². The van der Waals surface area contributed by atoms with Gasteiger partial charge in [0.15, 0.2) is 5.82 Å². The molecule has 0 saturated heterocycles. The summed E-state index contributed by atoms with van der Waals surface area (Å²) in [6.45, 7) is 6.41. The van der Waals surface area contributed by atoms with Crippen LogP contribution in [-0.4, -0.2) is 21.1 Å². The third-order valence-electron chi connectivity index (χ3n) is 3.68. The van der Waals surface area contributed by atoms with Crippen LogP contribution in [0.1, 0.15) is 40.0 Å². The molecule has 0 aliphatic carbocycles. The van der Waals surface area contributed by atoms with Crippen LogP contribution < -0.4 is 0 Å². The van der Waals surface area contributed by atoms with Gasteiger partial charge in [0.25, 0.3) is 0 Å². The average molecular weight is 346 g/mol. The van der Waals surface area contributed by atoms with Crippen LogP contribution in [0.2, 0.25) is 0 Å². The highest BCUT2D eigenvalue weighted by Gasteiger charge is 2.12. The maximum atomic E-state index is 14.0. The Kier molecular flexibility index (Phi) is 6.61. The molecule has 2 aromatic rings. The molecular weight excluding hydrogens is 323 g/mol. The largest absolute Gasteiger partial charge is 0.250 e. The second kappa shape index (κ2) is 8.68. The molecule has 1 N–H and O–H groups in total. The summed E-state index contributed by atoms with van der Waals surface area (Å²) >= 11 is 5.19. The van der Waals surface area contributed by atoms with Crippen molar-refractivity contribution in [1.29, 1.82) is 0 Å². The van der Waals surface area contributed by atoms with Gasteiger partial charge in [-0.25, -0.2) is 9.49 Å². The number of nitrogens with zero attached hydrogens (tertiary/aromatic N) is 3. The average Bonchev–Trinajstić information content (AvgIpc) is 2.88. The van der Waals surface area contributed by atoms with Crippen molar-refractivity contribution < 1.29 is 4.39 Å². The topological polar surface area (TPSA) is 46.0 Å². The minimum Gasteiger partial charge on any atom is -0.250 e. The number of benzene rings is 1. The number of aromatic amines is 1. The third-order valence-corrected chi connectivity index (χ3v) is 3.95. The lowest BCUT2D eigenvalue weighted by Gasteiger charge is -2.06. The van der Waals surface area contributed by atoms with Gasteiger partial charge >= 0.3 is 0 Å². The molecule has 0 aliphatic heterocycles. The first-order valence-corrected chi connectivity index (χ1v) is 8.48. The summed E-state index contributed by atoms with van der Waals surface area (Å²) < 4.78 is 15.8. The van der Waals surface area contributed by atoms with E-state index >= 15 is 0 Å². The van der Waals surface area contributed by atoms with Crippen molar-refractivity contribution in [3.63, 3.8) is 0 Å². The number of allylic oxidation sites excluding steroid dienone is 2. The summed E-state index contributed by atoms with van der Waals surface area (Å²) in [7, 11) is 0. The highest BCUT2D eigenvalue weighted by atomic mass is 32.1. The van der Waals surface area contributed by atoms with Crippen LogP contribution in [0.15, 0.2) is 41.0 Å². The van der Waals surface area contributed by atoms with Gasteiger partial charge in [-0.2, -0.15) is 14.9 Å². The zero-order chi connectivity index (χ0) is 17.5. The van der Waals surface area contributed by atoms with Gasteiger partial charge in [0.2, 0.25) is 4.77 Å². The third kappa shape index (κ3) is 4.96. The van der Waals surface area contributed by atoms with Crippen LogP contribution >= 0.6 is 12.2 Å². The molecule has 6 heteroatoms. The van der Waals surface area contributed by atoms with E-state index in [1.165, 1.54) is 16.3 Å². The molecule has 0 radical (unpaired) electrons. The Morgan fingerprint density at radius 2 is 2.17 bits per heavy atom. The SMILES string of the molecule is CC(C)=CCC[C@@H](C)C/C=N\n1c(-c2ccccc2F)n[nH]c1=S. The van der Waals surface area contributed by atoms with Gasteiger partial charge in [-0.05, 0) is 63.4 Å². The fourth-order valence-electron chi connectivity index (χ4n) is 2.30. The number of halogens is 1. The van der Waals surface area contributed by atoms with Gasteiger partial charge in [-0.1, -0.05) is 30.7 Å². The maximum Gasteiger partial charge on any atom is 0.216 e. The Hall–Kier alpha value is -2.08. The highest BCUT2D eigenvalue weighted by molar-refractivity contribution is 7.71. The summed E-state index contributed by atoms with van der Waals surface area (Å²) in [6.07, 6.45) is 7.08. The summed E-state index contributed by atoms with van der Waals surface area (Å²) in [5.41, 5.74) is 1.72. The number of H-pyrrole nitrogens is 1. The molecule has 1 heterocycles. The second-order valence-corrected chi connectivity index (χ2v) is 6.53. The normalized spacial score (nSPS) is 12.5. The lowest BCUT2D eigenvalue weighted by molar-refractivity contribution is 0.561. The molecule has 0 unspecified atom stereocenters. The number of rotatable bonds is 7. The molecule has 128 valence electrons. The first-order valence-electron chi connectivity index (χ1n) is 8.07. The van der Waals surface area contributed by atoms with Crippen molar-refractivity contribution in [2.45, 2.75) is 40.0 Å². The molecule has 0 saturated carbocycles. The molecule has 0 amide bonds. The molecule has 2 rings (SSSR count). The second-order valence-electron chi connectivity index (χ2n) is 6.14. The van der Waals surface area contributed by atoms with Crippen molar-refractivity contribution in [2.24, 2.45) is 11.0 Å². The number of aromatic nitrogens is 3. The van der Waals surface area contributed by atoms with Crippen molar-refractivity contribution in [2.75, 3.05) is 0 Å². The van der Waals surface area contributed by atoms with Crippen LogP contribution in [0.25, 0.3) is 11.4 Å². The minimum atomic E-state index is -0.349. The molecule has 24 heavy (non-hydrogen) atoms. The van der Waals surface area contributed by atoms with E-state index in [2.05, 4.69) is 42.1 Å². The van der Waals surface area contributed by atoms with E-state index in [-0.39, 0.29) is 5.82 Å².